The third-order valence-electron chi connectivity index (χ3n) is 3.70. The number of aromatic nitrogens is 3. The van der Waals surface area contributed by atoms with Crippen molar-refractivity contribution in [3.8, 4) is 0 Å². The number of carbonyl (C=O) groups is 2. The van der Waals surface area contributed by atoms with Gasteiger partial charge < -0.3 is 10.2 Å². The molecule has 23 heavy (non-hydrogen) atoms. The molecular formula is C15H18N6O2. The quantitative estimate of drug-likeness (QED) is 0.824. The van der Waals surface area contributed by atoms with Crippen molar-refractivity contribution in [2.24, 2.45) is 0 Å². The van der Waals surface area contributed by atoms with E-state index in [1.54, 1.807) is 12.1 Å². The van der Waals surface area contributed by atoms with Crippen molar-refractivity contribution in [2.45, 2.75) is 19.3 Å². The van der Waals surface area contributed by atoms with Crippen molar-refractivity contribution >= 4 is 23.2 Å². The molecule has 2 aromatic rings. The predicted molar refractivity (Wildman–Crippen MR) is 85.5 cm³/mol. The summed E-state index contributed by atoms with van der Waals surface area (Å²) >= 11 is 0. The van der Waals surface area contributed by atoms with Crippen LogP contribution in [-0.2, 0) is 9.59 Å². The van der Waals surface area contributed by atoms with Gasteiger partial charge in [-0.25, -0.2) is 4.68 Å². The van der Waals surface area contributed by atoms with Gasteiger partial charge >= 0.3 is 11.8 Å². The van der Waals surface area contributed by atoms with Crippen molar-refractivity contribution in [3.05, 3.63) is 36.9 Å². The van der Waals surface area contributed by atoms with Gasteiger partial charge in [0.2, 0.25) is 0 Å². The van der Waals surface area contributed by atoms with Crippen LogP contribution in [0.4, 0.5) is 11.4 Å². The predicted octanol–water partition coefficient (Wildman–Crippen LogP) is 0.977. The Balaban J connectivity index is 1.57. The number of amides is 2. The van der Waals surface area contributed by atoms with E-state index in [2.05, 4.69) is 25.8 Å². The van der Waals surface area contributed by atoms with E-state index in [1.165, 1.54) is 36.6 Å². The number of benzene rings is 1. The van der Waals surface area contributed by atoms with Crippen molar-refractivity contribution in [2.75, 3.05) is 28.7 Å². The standard InChI is InChI=1S/C15H18N6O2/c22-14(15(23)19-21-10-16-17-11-21)18-12-4-6-13(7-5-12)20-8-2-1-3-9-20/h4-7,10-11H,1-3,8-9H2,(H,18,22)(H,19,23). The average molecular weight is 314 g/mol. The Bertz CT molecular complexity index is 662. The van der Waals surface area contributed by atoms with Crippen LogP contribution in [0.5, 0.6) is 0 Å². The van der Waals surface area contributed by atoms with Gasteiger partial charge in [-0.05, 0) is 43.5 Å². The maximum atomic E-state index is 11.8. The van der Waals surface area contributed by atoms with Gasteiger partial charge in [0.15, 0.2) is 0 Å². The second-order valence-corrected chi connectivity index (χ2v) is 5.36. The molecule has 2 N–H and O–H groups in total. The van der Waals surface area contributed by atoms with Crippen molar-refractivity contribution in [1.82, 2.24) is 14.9 Å². The molecule has 1 fully saturated rings. The highest BCUT2D eigenvalue weighted by Crippen LogP contribution is 2.21. The maximum absolute atomic E-state index is 11.8. The molecule has 1 aromatic heterocycles. The zero-order valence-electron chi connectivity index (χ0n) is 12.6. The summed E-state index contributed by atoms with van der Waals surface area (Å²) in [5.74, 6) is -1.53. The summed E-state index contributed by atoms with van der Waals surface area (Å²) in [6, 6.07) is 7.51. The molecule has 0 saturated carbocycles. The van der Waals surface area contributed by atoms with Gasteiger partial charge in [0.1, 0.15) is 12.7 Å². The van der Waals surface area contributed by atoms with Crippen LogP contribution in [0.25, 0.3) is 0 Å². The first kappa shape index (κ1) is 15.0. The summed E-state index contributed by atoms with van der Waals surface area (Å²) in [4.78, 5) is 25.9. The highest BCUT2D eigenvalue weighted by atomic mass is 16.2. The first-order valence-electron chi connectivity index (χ1n) is 7.54. The topological polar surface area (TPSA) is 92.2 Å². The minimum Gasteiger partial charge on any atom is -0.372 e. The van der Waals surface area contributed by atoms with E-state index in [9.17, 15) is 9.59 Å². The Hall–Kier alpha value is -2.90. The average Bonchev–Trinajstić information content (AvgIpc) is 3.09. The summed E-state index contributed by atoms with van der Waals surface area (Å²) in [5.41, 5.74) is 4.05. The van der Waals surface area contributed by atoms with Gasteiger partial charge in [-0.2, -0.15) is 0 Å². The number of nitrogens with zero attached hydrogens (tertiary/aromatic N) is 4. The molecular weight excluding hydrogens is 296 g/mol. The summed E-state index contributed by atoms with van der Waals surface area (Å²) < 4.78 is 1.21. The number of nitrogens with one attached hydrogen (secondary N) is 2. The zero-order valence-corrected chi connectivity index (χ0v) is 12.6. The molecule has 0 radical (unpaired) electrons. The Labute approximate surface area is 133 Å². The van der Waals surface area contributed by atoms with E-state index >= 15 is 0 Å². The molecule has 1 aromatic carbocycles. The van der Waals surface area contributed by atoms with E-state index in [4.69, 9.17) is 0 Å². The third kappa shape index (κ3) is 3.85. The SMILES string of the molecule is O=C(Nc1ccc(N2CCCCC2)cc1)C(=O)Nn1cnnc1. The Morgan fingerprint density at radius 3 is 2.22 bits per heavy atom. The fourth-order valence-corrected chi connectivity index (χ4v) is 2.52. The van der Waals surface area contributed by atoms with Gasteiger partial charge in [-0.3, -0.25) is 15.0 Å². The van der Waals surface area contributed by atoms with Gasteiger partial charge in [-0.1, -0.05) is 0 Å². The number of piperidine rings is 1. The van der Waals surface area contributed by atoms with E-state index in [0.717, 1.165) is 18.8 Å². The van der Waals surface area contributed by atoms with E-state index in [0.29, 0.717) is 5.69 Å². The molecule has 0 atom stereocenters. The molecule has 8 nitrogen and oxygen atoms in total. The molecule has 1 aliphatic rings. The lowest BCUT2D eigenvalue weighted by molar-refractivity contribution is -0.133. The second kappa shape index (κ2) is 6.91. The van der Waals surface area contributed by atoms with Crippen LogP contribution in [0.15, 0.2) is 36.9 Å². The summed E-state index contributed by atoms with van der Waals surface area (Å²) in [7, 11) is 0. The zero-order chi connectivity index (χ0) is 16.1. The van der Waals surface area contributed by atoms with Crippen LogP contribution in [-0.4, -0.2) is 39.8 Å². The van der Waals surface area contributed by atoms with Crippen molar-refractivity contribution in [3.63, 3.8) is 0 Å². The number of hydrogen-bond donors (Lipinski definition) is 2. The fraction of sp³-hybridized carbons (Fsp3) is 0.333. The number of rotatable bonds is 3. The van der Waals surface area contributed by atoms with Gasteiger partial charge in [0, 0.05) is 24.5 Å². The normalized spacial score (nSPS) is 14.3. The smallest absolute Gasteiger partial charge is 0.328 e. The lowest BCUT2D eigenvalue weighted by atomic mass is 10.1. The van der Waals surface area contributed by atoms with E-state index < -0.39 is 11.8 Å². The summed E-state index contributed by atoms with van der Waals surface area (Å²) in [6.45, 7) is 2.13. The summed E-state index contributed by atoms with van der Waals surface area (Å²) in [6.07, 6.45) is 6.28. The minimum atomic E-state index is -0.787. The van der Waals surface area contributed by atoms with Crippen LogP contribution in [0, 0.1) is 0 Å². The second-order valence-electron chi connectivity index (χ2n) is 5.36. The molecule has 2 amide bonds. The van der Waals surface area contributed by atoms with Crippen LogP contribution in [0.3, 0.4) is 0 Å². The van der Waals surface area contributed by atoms with Crippen LogP contribution >= 0.6 is 0 Å². The molecule has 0 unspecified atom stereocenters. The molecule has 2 heterocycles. The van der Waals surface area contributed by atoms with Gasteiger partial charge in [-0.15, -0.1) is 10.2 Å². The van der Waals surface area contributed by atoms with Gasteiger partial charge in [0.25, 0.3) is 0 Å². The molecule has 1 saturated heterocycles. The van der Waals surface area contributed by atoms with Gasteiger partial charge in [0.05, 0.1) is 0 Å². The molecule has 0 aliphatic carbocycles. The number of anilines is 2. The Morgan fingerprint density at radius 2 is 1.57 bits per heavy atom. The van der Waals surface area contributed by atoms with Crippen molar-refractivity contribution in [1.29, 1.82) is 0 Å². The number of hydrogen-bond acceptors (Lipinski definition) is 5. The Morgan fingerprint density at radius 1 is 0.913 bits per heavy atom. The molecule has 1 aliphatic heterocycles. The third-order valence-corrected chi connectivity index (χ3v) is 3.70. The summed E-state index contributed by atoms with van der Waals surface area (Å²) in [5, 5.41) is 9.63. The van der Waals surface area contributed by atoms with Crippen LogP contribution < -0.4 is 15.6 Å². The largest absolute Gasteiger partial charge is 0.372 e. The highest BCUT2D eigenvalue weighted by Gasteiger charge is 2.15. The molecule has 8 heteroatoms. The fourth-order valence-electron chi connectivity index (χ4n) is 2.52. The lowest BCUT2D eigenvalue weighted by Crippen LogP contribution is -2.33. The minimum absolute atomic E-state index is 0.578. The first-order chi connectivity index (χ1) is 11.2. The van der Waals surface area contributed by atoms with E-state index in [-0.39, 0.29) is 0 Å². The maximum Gasteiger partial charge on any atom is 0.328 e. The molecule has 0 bridgehead atoms. The van der Waals surface area contributed by atoms with Crippen LogP contribution in [0.1, 0.15) is 19.3 Å². The Kier molecular flexibility index (Phi) is 4.51. The van der Waals surface area contributed by atoms with E-state index in [1.807, 2.05) is 12.1 Å². The molecule has 3 rings (SSSR count). The lowest BCUT2D eigenvalue weighted by Gasteiger charge is -2.28. The van der Waals surface area contributed by atoms with Crippen LogP contribution in [0.2, 0.25) is 0 Å². The number of carbonyl (C=O) groups excluding carboxylic acids is 2. The molecule has 0 spiro atoms. The monoisotopic (exact) mass is 314 g/mol. The highest BCUT2D eigenvalue weighted by molar-refractivity contribution is 6.42. The van der Waals surface area contributed by atoms with Crippen molar-refractivity contribution < 1.29 is 9.59 Å². The molecule has 120 valence electrons. The first-order valence-corrected chi connectivity index (χ1v) is 7.54.